The minimum Gasteiger partial charge on any atom is -0.488 e. The summed E-state index contributed by atoms with van der Waals surface area (Å²) >= 11 is 5.58. The minimum absolute atomic E-state index is 0.592. The largest absolute Gasteiger partial charge is 0.488 e. The number of nitrogens with zero attached hydrogens (tertiary/aromatic N) is 3. The number of hydrogen-bond donors (Lipinski definition) is 1. The highest BCUT2D eigenvalue weighted by Crippen LogP contribution is 2.31. The van der Waals surface area contributed by atoms with E-state index in [4.69, 9.17) is 17.0 Å². The maximum atomic E-state index is 5.68. The molecule has 0 aliphatic carbocycles. The molecule has 0 atom stereocenters. The molecule has 2 aliphatic heterocycles. The van der Waals surface area contributed by atoms with Gasteiger partial charge in [-0.2, -0.15) is 0 Å². The van der Waals surface area contributed by atoms with Crippen molar-refractivity contribution < 1.29 is 4.74 Å². The second kappa shape index (κ2) is 7.85. The van der Waals surface area contributed by atoms with Gasteiger partial charge in [0.1, 0.15) is 12.4 Å². The fourth-order valence-corrected chi connectivity index (χ4v) is 3.55. The van der Waals surface area contributed by atoms with E-state index in [1.165, 1.54) is 5.56 Å². The fourth-order valence-electron chi connectivity index (χ4n) is 3.31. The lowest BCUT2D eigenvalue weighted by molar-refractivity contribution is 0.175. The molecular weight excluding hydrogens is 344 g/mol. The van der Waals surface area contributed by atoms with Crippen molar-refractivity contribution in [2.45, 2.75) is 6.54 Å². The van der Waals surface area contributed by atoms with Crippen molar-refractivity contribution in [1.82, 2.24) is 20.1 Å². The SMILES string of the molecule is S=C(N/C=C1/COc2ccccc21)N1CCN(Cc2ccncc2)CC1. The van der Waals surface area contributed by atoms with Gasteiger partial charge in [-0.3, -0.25) is 9.88 Å². The number of pyridine rings is 1. The molecule has 0 amide bonds. The van der Waals surface area contributed by atoms with Gasteiger partial charge in [0.2, 0.25) is 0 Å². The van der Waals surface area contributed by atoms with Gasteiger partial charge in [0.15, 0.2) is 5.11 Å². The van der Waals surface area contributed by atoms with Gasteiger partial charge in [-0.25, -0.2) is 0 Å². The summed E-state index contributed by atoms with van der Waals surface area (Å²) < 4.78 is 5.68. The molecule has 1 aromatic heterocycles. The van der Waals surface area contributed by atoms with Crippen LogP contribution in [0.4, 0.5) is 0 Å². The van der Waals surface area contributed by atoms with Gasteiger partial charge in [0.05, 0.1) is 0 Å². The predicted molar refractivity (Wildman–Crippen MR) is 107 cm³/mol. The zero-order valence-corrected chi connectivity index (χ0v) is 15.4. The third kappa shape index (κ3) is 3.86. The summed E-state index contributed by atoms with van der Waals surface area (Å²) in [6.07, 6.45) is 5.68. The molecule has 4 rings (SSSR count). The van der Waals surface area contributed by atoms with Gasteiger partial charge < -0.3 is 15.0 Å². The summed E-state index contributed by atoms with van der Waals surface area (Å²) in [6, 6.07) is 12.2. The average Bonchev–Trinajstić information content (AvgIpc) is 3.11. The van der Waals surface area contributed by atoms with E-state index in [0.29, 0.717) is 6.61 Å². The van der Waals surface area contributed by atoms with Crippen molar-refractivity contribution >= 4 is 22.9 Å². The Morgan fingerprint density at radius 1 is 1.12 bits per heavy atom. The third-order valence-corrected chi connectivity index (χ3v) is 5.18. The van der Waals surface area contributed by atoms with Crippen molar-refractivity contribution in [3.63, 3.8) is 0 Å². The lowest BCUT2D eigenvalue weighted by Gasteiger charge is -2.36. The minimum atomic E-state index is 0.592. The van der Waals surface area contributed by atoms with E-state index in [0.717, 1.165) is 54.7 Å². The first-order valence-corrected chi connectivity index (χ1v) is 9.28. The molecule has 1 aromatic carbocycles. The standard InChI is InChI=1S/C20H22N4OS/c26-20(22-13-17-15-25-19-4-2-1-3-18(17)19)24-11-9-23(10-12-24)14-16-5-7-21-8-6-16/h1-8,13H,9-12,14-15H2,(H,22,26)/b17-13-. The zero-order valence-electron chi connectivity index (χ0n) is 14.6. The van der Waals surface area contributed by atoms with Crippen molar-refractivity contribution in [2.24, 2.45) is 0 Å². The smallest absolute Gasteiger partial charge is 0.173 e. The van der Waals surface area contributed by atoms with Crippen LogP contribution >= 0.6 is 12.2 Å². The molecule has 6 heteroatoms. The Morgan fingerprint density at radius 3 is 2.69 bits per heavy atom. The summed E-state index contributed by atoms with van der Waals surface area (Å²) in [7, 11) is 0. The Bertz CT molecular complexity index is 800. The highest BCUT2D eigenvalue weighted by molar-refractivity contribution is 7.80. The van der Waals surface area contributed by atoms with Crippen LogP contribution < -0.4 is 10.1 Å². The number of ether oxygens (including phenoxy) is 1. The van der Waals surface area contributed by atoms with Crippen molar-refractivity contribution in [1.29, 1.82) is 0 Å². The van der Waals surface area contributed by atoms with E-state index in [-0.39, 0.29) is 0 Å². The van der Waals surface area contributed by atoms with Crippen LogP contribution in [0.15, 0.2) is 55.0 Å². The molecule has 26 heavy (non-hydrogen) atoms. The molecule has 2 aromatic rings. The van der Waals surface area contributed by atoms with Gasteiger partial charge in [-0.05, 0) is 36.0 Å². The molecule has 0 bridgehead atoms. The second-order valence-electron chi connectivity index (χ2n) is 6.52. The highest BCUT2D eigenvalue weighted by Gasteiger charge is 2.20. The first-order valence-electron chi connectivity index (χ1n) is 8.87. The Labute approximate surface area is 159 Å². The van der Waals surface area contributed by atoms with E-state index < -0.39 is 0 Å². The number of nitrogens with one attached hydrogen (secondary N) is 1. The summed E-state index contributed by atoms with van der Waals surface area (Å²) in [6.45, 7) is 5.45. The number of piperazine rings is 1. The first-order chi connectivity index (χ1) is 12.8. The average molecular weight is 366 g/mol. The van der Waals surface area contributed by atoms with Gasteiger partial charge in [-0.1, -0.05) is 18.2 Å². The topological polar surface area (TPSA) is 40.6 Å². The summed E-state index contributed by atoms with van der Waals surface area (Å²) in [5.74, 6) is 0.941. The molecule has 0 unspecified atom stereocenters. The molecule has 2 aliphatic rings. The van der Waals surface area contributed by atoms with Crippen molar-refractivity contribution in [3.05, 3.63) is 66.1 Å². The molecule has 0 saturated carbocycles. The van der Waals surface area contributed by atoms with E-state index in [2.05, 4.69) is 38.3 Å². The fraction of sp³-hybridized carbons (Fsp3) is 0.300. The number of rotatable bonds is 3. The monoisotopic (exact) mass is 366 g/mol. The van der Waals surface area contributed by atoms with Crippen LogP contribution in [0.25, 0.3) is 5.57 Å². The number of hydrogen-bond acceptors (Lipinski definition) is 4. The Morgan fingerprint density at radius 2 is 1.88 bits per heavy atom. The first kappa shape index (κ1) is 17.0. The van der Waals surface area contributed by atoms with Crippen molar-refractivity contribution in [2.75, 3.05) is 32.8 Å². The summed E-state index contributed by atoms with van der Waals surface area (Å²) in [5, 5.41) is 4.07. The molecule has 3 heterocycles. The van der Waals surface area contributed by atoms with Gasteiger partial charge in [0, 0.05) is 62.5 Å². The molecule has 134 valence electrons. The Kier molecular flexibility index (Phi) is 5.13. The van der Waals surface area contributed by atoms with Gasteiger partial charge in [0.25, 0.3) is 0 Å². The molecule has 0 spiro atoms. The van der Waals surface area contributed by atoms with Crippen LogP contribution in [0, 0.1) is 0 Å². The third-order valence-electron chi connectivity index (χ3n) is 4.80. The van der Waals surface area contributed by atoms with Crippen LogP contribution in [0.2, 0.25) is 0 Å². The maximum absolute atomic E-state index is 5.68. The molecule has 1 N–H and O–H groups in total. The normalized spacial score (nSPS) is 18.5. The highest BCUT2D eigenvalue weighted by atomic mass is 32.1. The van der Waals surface area contributed by atoms with Crippen LogP contribution in [0.3, 0.4) is 0 Å². The summed E-state index contributed by atoms with van der Waals surface area (Å²) in [5.41, 5.74) is 3.59. The van der Waals surface area contributed by atoms with E-state index in [1.54, 1.807) is 0 Å². The molecule has 1 fully saturated rings. The quantitative estimate of drug-likeness (QED) is 0.842. The Balaban J connectivity index is 1.28. The van der Waals surface area contributed by atoms with Crippen LogP contribution in [0.1, 0.15) is 11.1 Å². The molecular formula is C20H22N4OS. The van der Waals surface area contributed by atoms with Crippen LogP contribution in [0.5, 0.6) is 5.75 Å². The van der Waals surface area contributed by atoms with Crippen LogP contribution in [-0.2, 0) is 6.54 Å². The van der Waals surface area contributed by atoms with Gasteiger partial charge >= 0.3 is 0 Å². The van der Waals surface area contributed by atoms with E-state index in [9.17, 15) is 0 Å². The van der Waals surface area contributed by atoms with E-state index >= 15 is 0 Å². The summed E-state index contributed by atoms with van der Waals surface area (Å²) in [4.78, 5) is 8.76. The zero-order chi connectivity index (χ0) is 17.8. The molecule has 1 saturated heterocycles. The number of thiocarbonyl (C=S) groups is 1. The Hall–Kier alpha value is -2.44. The second-order valence-corrected chi connectivity index (χ2v) is 6.91. The number of aromatic nitrogens is 1. The predicted octanol–water partition coefficient (Wildman–Crippen LogP) is 2.51. The number of benzene rings is 1. The van der Waals surface area contributed by atoms with E-state index in [1.807, 2.05) is 36.8 Å². The van der Waals surface area contributed by atoms with Crippen molar-refractivity contribution in [3.8, 4) is 5.75 Å². The lowest BCUT2D eigenvalue weighted by atomic mass is 10.1. The number of para-hydroxylation sites is 1. The number of fused-ring (bicyclic) bond motifs is 1. The molecule has 0 radical (unpaired) electrons. The van der Waals surface area contributed by atoms with Crippen LogP contribution in [-0.4, -0.2) is 52.7 Å². The molecule has 5 nitrogen and oxygen atoms in total. The lowest BCUT2D eigenvalue weighted by Crippen LogP contribution is -2.50. The van der Waals surface area contributed by atoms with Gasteiger partial charge in [-0.15, -0.1) is 0 Å². The maximum Gasteiger partial charge on any atom is 0.173 e.